The molecule has 156 valence electrons. The highest BCUT2D eigenvalue weighted by Crippen LogP contribution is 2.44. The van der Waals surface area contributed by atoms with Crippen LogP contribution in [0.15, 0.2) is 40.9 Å². The Hall–Kier alpha value is -1.54. The molecule has 1 fully saturated rings. The second-order valence-electron chi connectivity index (χ2n) is 7.97. The summed E-state index contributed by atoms with van der Waals surface area (Å²) in [5.74, 6) is 0. The molecule has 1 aromatic rings. The maximum Gasteiger partial charge on any atom is 0.416 e. The minimum Gasteiger partial charge on any atom is -0.400 e. The van der Waals surface area contributed by atoms with Gasteiger partial charge in [-0.3, -0.25) is 4.39 Å². The maximum atomic E-state index is 13.1. The average molecular weight is 419 g/mol. The largest absolute Gasteiger partial charge is 0.416 e. The number of halogens is 4. The highest BCUT2D eigenvalue weighted by atomic mass is 32.2. The number of alkyl halides is 4. The maximum absolute atomic E-state index is 13.1. The summed E-state index contributed by atoms with van der Waals surface area (Å²) in [5, 5.41) is 8.04. The van der Waals surface area contributed by atoms with Crippen LogP contribution in [-0.2, 0) is 10.9 Å². The van der Waals surface area contributed by atoms with E-state index in [9.17, 15) is 17.6 Å². The van der Waals surface area contributed by atoms with E-state index in [4.69, 9.17) is 15.9 Å². The SMILES string of the molecule is CC1(Sc2cccc(C(F)(F)F)c2)CCOC(/C(N)=C/C(=N)C(C)(C)CF)C1. The molecule has 0 aromatic heterocycles. The monoisotopic (exact) mass is 418 g/mol. The predicted molar refractivity (Wildman–Crippen MR) is 104 cm³/mol. The summed E-state index contributed by atoms with van der Waals surface area (Å²) in [7, 11) is 0. The summed E-state index contributed by atoms with van der Waals surface area (Å²) in [4.78, 5) is 0.534. The van der Waals surface area contributed by atoms with Crippen LogP contribution in [0.2, 0.25) is 0 Å². The molecule has 3 N–H and O–H groups in total. The van der Waals surface area contributed by atoms with Gasteiger partial charge >= 0.3 is 6.18 Å². The zero-order valence-corrected chi connectivity index (χ0v) is 17.0. The lowest BCUT2D eigenvalue weighted by Gasteiger charge is -2.38. The van der Waals surface area contributed by atoms with Gasteiger partial charge in [0.25, 0.3) is 0 Å². The van der Waals surface area contributed by atoms with E-state index in [0.29, 0.717) is 30.0 Å². The van der Waals surface area contributed by atoms with Crippen molar-refractivity contribution in [2.45, 2.75) is 55.5 Å². The molecule has 1 aliphatic heterocycles. The van der Waals surface area contributed by atoms with Gasteiger partial charge in [-0.05, 0) is 44.0 Å². The fourth-order valence-electron chi connectivity index (χ4n) is 2.82. The average Bonchev–Trinajstić information content (AvgIpc) is 2.60. The first-order valence-electron chi connectivity index (χ1n) is 8.96. The molecule has 0 radical (unpaired) electrons. The third-order valence-electron chi connectivity index (χ3n) is 4.84. The Labute approximate surface area is 167 Å². The van der Waals surface area contributed by atoms with E-state index in [2.05, 4.69) is 0 Å². The Morgan fingerprint density at radius 1 is 1.39 bits per heavy atom. The molecule has 28 heavy (non-hydrogen) atoms. The number of hydrogen-bond donors (Lipinski definition) is 2. The highest BCUT2D eigenvalue weighted by Gasteiger charge is 2.36. The molecular weight excluding hydrogens is 392 g/mol. The Balaban J connectivity index is 2.14. The van der Waals surface area contributed by atoms with Crippen molar-refractivity contribution >= 4 is 17.5 Å². The number of benzene rings is 1. The zero-order chi connectivity index (χ0) is 21.2. The molecule has 2 atom stereocenters. The Morgan fingerprint density at radius 2 is 2.07 bits per heavy atom. The summed E-state index contributed by atoms with van der Waals surface area (Å²) in [6, 6.07) is 5.27. The fraction of sp³-hybridized carbons (Fsp3) is 0.550. The number of thioether (sulfide) groups is 1. The summed E-state index contributed by atoms with van der Waals surface area (Å²) in [5.41, 5.74) is 4.91. The number of nitrogens with one attached hydrogen (secondary N) is 1. The van der Waals surface area contributed by atoms with Crippen LogP contribution in [0.1, 0.15) is 39.2 Å². The van der Waals surface area contributed by atoms with Crippen molar-refractivity contribution in [1.29, 1.82) is 5.41 Å². The fourth-order valence-corrected chi connectivity index (χ4v) is 4.15. The van der Waals surface area contributed by atoms with Crippen molar-refractivity contribution in [1.82, 2.24) is 0 Å². The summed E-state index contributed by atoms with van der Waals surface area (Å²) < 4.78 is 57.3. The Kier molecular flexibility index (Phi) is 6.86. The van der Waals surface area contributed by atoms with E-state index in [-0.39, 0.29) is 10.5 Å². The van der Waals surface area contributed by atoms with E-state index in [0.717, 1.165) is 12.1 Å². The van der Waals surface area contributed by atoms with E-state index in [1.165, 1.54) is 23.9 Å². The molecule has 2 unspecified atom stereocenters. The van der Waals surface area contributed by atoms with Crippen LogP contribution < -0.4 is 5.73 Å². The molecule has 1 aromatic carbocycles. The van der Waals surface area contributed by atoms with Crippen LogP contribution in [-0.4, -0.2) is 29.8 Å². The lowest BCUT2D eigenvalue weighted by Crippen LogP contribution is -2.39. The molecule has 3 nitrogen and oxygen atoms in total. The van der Waals surface area contributed by atoms with Gasteiger partial charge < -0.3 is 15.9 Å². The second kappa shape index (κ2) is 8.45. The second-order valence-corrected chi connectivity index (χ2v) is 9.63. The number of nitrogens with two attached hydrogens (primary N) is 1. The first-order chi connectivity index (χ1) is 12.9. The number of ether oxygens (including phenoxy) is 1. The van der Waals surface area contributed by atoms with Crippen LogP contribution >= 0.6 is 11.8 Å². The van der Waals surface area contributed by atoms with Gasteiger partial charge in [0.2, 0.25) is 0 Å². The molecule has 0 aliphatic carbocycles. The number of allylic oxidation sites excluding steroid dienone is 1. The van der Waals surface area contributed by atoms with Gasteiger partial charge in [-0.1, -0.05) is 19.9 Å². The van der Waals surface area contributed by atoms with Gasteiger partial charge in [0.05, 0.1) is 11.7 Å². The van der Waals surface area contributed by atoms with Gasteiger partial charge in [0, 0.05) is 33.1 Å². The molecule has 0 amide bonds. The highest BCUT2D eigenvalue weighted by molar-refractivity contribution is 8.00. The third kappa shape index (κ3) is 5.73. The predicted octanol–water partition coefficient (Wildman–Crippen LogP) is 5.59. The minimum absolute atomic E-state index is 0.0777. The number of hydrogen-bond acceptors (Lipinski definition) is 4. The van der Waals surface area contributed by atoms with Crippen LogP contribution in [0.3, 0.4) is 0 Å². The molecule has 1 aliphatic rings. The quantitative estimate of drug-likeness (QED) is 0.467. The van der Waals surface area contributed by atoms with Crippen molar-refractivity contribution in [3.8, 4) is 0 Å². The van der Waals surface area contributed by atoms with Gasteiger partial charge in [-0.15, -0.1) is 11.8 Å². The van der Waals surface area contributed by atoms with Gasteiger partial charge in [0.1, 0.15) is 6.67 Å². The van der Waals surface area contributed by atoms with Crippen LogP contribution in [0.5, 0.6) is 0 Å². The Bertz CT molecular complexity index is 748. The summed E-state index contributed by atoms with van der Waals surface area (Å²) in [6.07, 6.45) is -2.27. The molecule has 1 heterocycles. The first kappa shape index (κ1) is 22.7. The standard InChI is InChI=1S/C20H26F4N2OS/c1-18(2,12-21)17(26)10-15(25)16-11-19(3,7-8-27-16)28-14-6-4-5-13(9-14)20(22,23)24/h4-6,9-10,16,26H,7-8,11-12,25H2,1-3H3/b15-10-,26-17?. The van der Waals surface area contributed by atoms with Gasteiger partial charge in [-0.25, -0.2) is 0 Å². The molecule has 1 saturated heterocycles. The molecular formula is C20H26F4N2OS. The lowest BCUT2D eigenvalue weighted by molar-refractivity contribution is -0.137. The summed E-state index contributed by atoms with van der Waals surface area (Å²) >= 11 is 1.37. The molecule has 0 spiro atoms. The van der Waals surface area contributed by atoms with Crippen molar-refractivity contribution in [2.75, 3.05) is 13.3 Å². The molecule has 0 bridgehead atoms. The number of rotatable bonds is 6. The van der Waals surface area contributed by atoms with Crippen molar-refractivity contribution < 1.29 is 22.3 Å². The smallest absolute Gasteiger partial charge is 0.400 e. The van der Waals surface area contributed by atoms with E-state index >= 15 is 0 Å². The van der Waals surface area contributed by atoms with E-state index in [1.54, 1.807) is 19.9 Å². The molecule has 2 rings (SSSR count). The Morgan fingerprint density at radius 3 is 2.68 bits per heavy atom. The van der Waals surface area contributed by atoms with E-state index < -0.39 is 29.9 Å². The van der Waals surface area contributed by atoms with Gasteiger partial charge in [-0.2, -0.15) is 13.2 Å². The zero-order valence-electron chi connectivity index (χ0n) is 16.2. The third-order valence-corrected chi connectivity index (χ3v) is 6.19. The van der Waals surface area contributed by atoms with Crippen molar-refractivity contribution in [3.63, 3.8) is 0 Å². The first-order valence-corrected chi connectivity index (χ1v) is 9.78. The molecule has 8 heteroatoms. The topological polar surface area (TPSA) is 59.1 Å². The van der Waals surface area contributed by atoms with Crippen LogP contribution in [0.4, 0.5) is 17.6 Å². The van der Waals surface area contributed by atoms with E-state index in [1.807, 2.05) is 6.92 Å². The van der Waals surface area contributed by atoms with Crippen molar-refractivity contribution in [2.24, 2.45) is 11.1 Å². The van der Waals surface area contributed by atoms with Crippen LogP contribution in [0.25, 0.3) is 0 Å². The summed E-state index contributed by atoms with van der Waals surface area (Å²) in [6.45, 7) is 4.94. The van der Waals surface area contributed by atoms with Crippen molar-refractivity contribution in [3.05, 3.63) is 41.6 Å². The minimum atomic E-state index is -4.38. The lowest BCUT2D eigenvalue weighted by atomic mass is 9.87. The van der Waals surface area contributed by atoms with Crippen LogP contribution in [0, 0.1) is 10.8 Å². The normalized spacial score (nSPS) is 24.2. The van der Waals surface area contributed by atoms with Gasteiger partial charge in [0.15, 0.2) is 0 Å². The molecule has 0 saturated carbocycles.